The third kappa shape index (κ3) is 3.96. The van der Waals surface area contributed by atoms with E-state index in [-0.39, 0.29) is 0 Å². The number of nitrogens with one attached hydrogen (secondary N) is 1. The van der Waals surface area contributed by atoms with Gasteiger partial charge in [0.25, 0.3) is 0 Å². The van der Waals surface area contributed by atoms with E-state index in [0.29, 0.717) is 0 Å². The molecule has 1 heterocycles. The van der Waals surface area contributed by atoms with Crippen LogP contribution in [-0.2, 0) is 12.8 Å². The smallest absolute Gasteiger partial charge is 0.0622 e. The minimum Gasteiger partial charge on any atom is -0.355 e. The van der Waals surface area contributed by atoms with Gasteiger partial charge in [-0.2, -0.15) is 0 Å². The minimum absolute atomic E-state index is 1.02. The van der Waals surface area contributed by atoms with Crippen LogP contribution in [0.25, 0.3) is 77.2 Å². The average molecular weight is 639 g/mol. The quantitative estimate of drug-likeness (QED) is 0.203. The fraction of sp³-hybridized carbons (Fsp3) is 0.0833. The van der Waals surface area contributed by atoms with Gasteiger partial charge in [0.05, 0.1) is 11.0 Å². The van der Waals surface area contributed by atoms with Crippen molar-refractivity contribution in [2.24, 2.45) is 0 Å². The molecule has 11 rings (SSSR count). The number of hydrogen-bond acceptors (Lipinski definition) is 1. The lowest BCUT2D eigenvalue weighted by molar-refractivity contribution is 0.933. The van der Waals surface area contributed by atoms with E-state index in [4.69, 9.17) is 0 Å². The summed E-state index contributed by atoms with van der Waals surface area (Å²) in [5.41, 5.74) is 19.8. The molecule has 0 amide bonds. The van der Waals surface area contributed by atoms with Gasteiger partial charge in [-0.3, -0.25) is 0 Å². The van der Waals surface area contributed by atoms with Crippen LogP contribution >= 0.6 is 0 Å². The van der Waals surface area contributed by atoms with Crippen molar-refractivity contribution < 1.29 is 0 Å². The molecule has 7 aromatic carbocycles. The standard InChI is InChI=1S/C48H34N2/c1-3-11-31(12-4-1)46-39-24-21-32-22-25-41-36-17-7-8-20-44(36)50(34-15-5-2-6-16-34)48(41)47(32)40(39)27-28-43(46)49-33-23-26-35-37-18-9-13-30-14-10-19-38(45(30)37)42(35)29-33/h1-3,5-11,13-20,22-23,25-29,49H,4,12,21,24H2. The molecule has 1 N–H and O–H groups in total. The zero-order valence-corrected chi connectivity index (χ0v) is 27.7. The summed E-state index contributed by atoms with van der Waals surface area (Å²) in [6.07, 6.45) is 11.0. The molecule has 0 aliphatic heterocycles. The molecule has 3 aliphatic carbocycles. The highest BCUT2D eigenvalue weighted by Crippen LogP contribution is 2.50. The first-order valence-corrected chi connectivity index (χ1v) is 17.9. The molecule has 1 aromatic heterocycles. The van der Waals surface area contributed by atoms with Crippen molar-refractivity contribution in [3.8, 4) is 39.1 Å². The Kier molecular flexibility index (Phi) is 5.94. The Labute approximate surface area is 291 Å². The Balaban J connectivity index is 1.12. The lowest BCUT2D eigenvalue weighted by Crippen LogP contribution is -2.11. The summed E-state index contributed by atoms with van der Waals surface area (Å²) in [4.78, 5) is 0. The van der Waals surface area contributed by atoms with Gasteiger partial charge in [-0.05, 0) is 117 Å². The van der Waals surface area contributed by atoms with Crippen molar-refractivity contribution in [3.63, 3.8) is 0 Å². The maximum Gasteiger partial charge on any atom is 0.0622 e. The Morgan fingerprint density at radius 3 is 2.24 bits per heavy atom. The Bertz CT molecular complexity index is 2770. The number of nitrogens with zero attached hydrogens (tertiary/aromatic N) is 1. The van der Waals surface area contributed by atoms with Crippen LogP contribution < -0.4 is 5.32 Å². The van der Waals surface area contributed by atoms with E-state index in [0.717, 1.165) is 31.4 Å². The van der Waals surface area contributed by atoms with Crippen LogP contribution in [0.2, 0.25) is 0 Å². The maximum absolute atomic E-state index is 3.96. The normalized spacial score (nSPS) is 14.1. The molecular formula is C48H34N2. The molecule has 0 spiro atoms. The van der Waals surface area contributed by atoms with Gasteiger partial charge < -0.3 is 9.88 Å². The van der Waals surface area contributed by atoms with Crippen LogP contribution in [0.1, 0.15) is 29.5 Å². The lowest BCUT2D eigenvalue weighted by Gasteiger charge is -2.28. The zero-order valence-electron chi connectivity index (χ0n) is 27.7. The van der Waals surface area contributed by atoms with Crippen molar-refractivity contribution in [2.45, 2.75) is 25.7 Å². The summed E-state index contributed by atoms with van der Waals surface area (Å²) in [5, 5.41) is 9.25. The van der Waals surface area contributed by atoms with Crippen molar-refractivity contribution in [2.75, 3.05) is 5.32 Å². The number of anilines is 2. The topological polar surface area (TPSA) is 17.0 Å². The van der Waals surface area contributed by atoms with Crippen LogP contribution in [0.3, 0.4) is 0 Å². The summed E-state index contributed by atoms with van der Waals surface area (Å²) >= 11 is 0. The number of allylic oxidation sites excluding steroid dienone is 4. The first kappa shape index (κ1) is 27.8. The first-order valence-electron chi connectivity index (χ1n) is 17.9. The molecule has 2 heteroatoms. The number of para-hydroxylation sites is 2. The molecule has 0 fully saturated rings. The highest BCUT2D eigenvalue weighted by Gasteiger charge is 2.28. The second kappa shape index (κ2) is 10.7. The molecule has 2 nitrogen and oxygen atoms in total. The van der Waals surface area contributed by atoms with Gasteiger partial charge in [0.2, 0.25) is 0 Å². The molecular weight excluding hydrogens is 605 g/mol. The second-order valence-electron chi connectivity index (χ2n) is 14.0. The molecule has 0 atom stereocenters. The third-order valence-corrected chi connectivity index (χ3v) is 11.3. The first-order chi connectivity index (χ1) is 24.8. The highest BCUT2D eigenvalue weighted by molar-refractivity contribution is 6.16. The summed E-state index contributed by atoms with van der Waals surface area (Å²) < 4.78 is 2.50. The Morgan fingerprint density at radius 2 is 1.38 bits per heavy atom. The lowest BCUT2D eigenvalue weighted by atomic mass is 9.79. The van der Waals surface area contributed by atoms with Crippen LogP contribution in [0, 0.1) is 0 Å². The second-order valence-corrected chi connectivity index (χ2v) is 14.0. The molecule has 0 unspecified atom stereocenters. The van der Waals surface area contributed by atoms with Crippen LogP contribution in [-0.4, -0.2) is 4.57 Å². The van der Waals surface area contributed by atoms with Gasteiger partial charge in [0.15, 0.2) is 0 Å². The van der Waals surface area contributed by atoms with E-state index < -0.39 is 0 Å². The van der Waals surface area contributed by atoms with Crippen molar-refractivity contribution in [1.82, 2.24) is 4.57 Å². The molecule has 3 aliphatic rings. The van der Waals surface area contributed by atoms with E-state index in [1.807, 2.05) is 0 Å². The highest BCUT2D eigenvalue weighted by atomic mass is 15.0. The van der Waals surface area contributed by atoms with E-state index in [9.17, 15) is 0 Å². The molecule has 0 saturated carbocycles. The fourth-order valence-corrected chi connectivity index (χ4v) is 9.16. The number of aromatic nitrogens is 1. The summed E-state index contributed by atoms with van der Waals surface area (Å²) in [5.74, 6) is 0. The predicted molar refractivity (Wildman–Crippen MR) is 212 cm³/mol. The molecule has 8 aromatic rings. The number of hydrogen-bond donors (Lipinski definition) is 1. The predicted octanol–water partition coefficient (Wildman–Crippen LogP) is 12.8. The number of rotatable bonds is 4. The maximum atomic E-state index is 3.96. The molecule has 0 radical (unpaired) electrons. The fourth-order valence-electron chi connectivity index (χ4n) is 9.16. The monoisotopic (exact) mass is 638 g/mol. The number of fused-ring (bicyclic) bond motifs is 10. The van der Waals surface area contributed by atoms with Gasteiger partial charge in [-0.1, -0.05) is 115 Å². The van der Waals surface area contributed by atoms with Gasteiger partial charge in [-0.15, -0.1) is 0 Å². The van der Waals surface area contributed by atoms with Crippen molar-refractivity contribution in [3.05, 3.63) is 168 Å². The molecule has 0 bridgehead atoms. The Hall–Kier alpha value is -6.12. The number of aryl methyl sites for hydroxylation is 1. The van der Waals surface area contributed by atoms with Gasteiger partial charge in [-0.25, -0.2) is 0 Å². The summed E-state index contributed by atoms with van der Waals surface area (Å²) in [6.45, 7) is 0. The SMILES string of the molecule is C1=CCCC(c2c(Nc3ccc4c(c3)-c3cccc5cccc-4c35)ccc3c2CCc2ccc4c5ccccc5n(-c5ccccc5)c4c2-3)=C1. The largest absolute Gasteiger partial charge is 0.355 e. The van der Waals surface area contributed by atoms with Crippen LogP contribution in [0.5, 0.6) is 0 Å². The van der Waals surface area contributed by atoms with E-state index in [2.05, 4.69) is 162 Å². The summed E-state index contributed by atoms with van der Waals surface area (Å²) in [6, 6.07) is 49.5. The van der Waals surface area contributed by atoms with E-state index >= 15 is 0 Å². The minimum atomic E-state index is 1.02. The molecule has 236 valence electrons. The molecule has 50 heavy (non-hydrogen) atoms. The van der Waals surface area contributed by atoms with Gasteiger partial charge in [0.1, 0.15) is 0 Å². The van der Waals surface area contributed by atoms with E-state index in [1.54, 1.807) is 0 Å². The van der Waals surface area contributed by atoms with Crippen LogP contribution in [0.15, 0.2) is 152 Å². The Morgan fingerprint density at radius 1 is 0.560 bits per heavy atom. The average Bonchev–Trinajstić information content (AvgIpc) is 3.69. The third-order valence-electron chi connectivity index (χ3n) is 11.3. The summed E-state index contributed by atoms with van der Waals surface area (Å²) in [7, 11) is 0. The number of benzene rings is 7. The van der Waals surface area contributed by atoms with Gasteiger partial charge >= 0.3 is 0 Å². The van der Waals surface area contributed by atoms with Crippen molar-refractivity contribution in [1.29, 1.82) is 0 Å². The molecule has 0 saturated heterocycles. The zero-order chi connectivity index (χ0) is 32.8. The van der Waals surface area contributed by atoms with Crippen LogP contribution in [0.4, 0.5) is 11.4 Å². The van der Waals surface area contributed by atoms with Gasteiger partial charge in [0, 0.05) is 39.0 Å². The van der Waals surface area contributed by atoms with Crippen molar-refractivity contribution >= 4 is 49.5 Å². The van der Waals surface area contributed by atoms with E-state index in [1.165, 1.54) is 99.6 Å².